The second-order valence-electron chi connectivity index (χ2n) is 4.00. The zero-order chi connectivity index (χ0) is 13.3. The molecular weight excluding hydrogens is 254 g/mol. The van der Waals surface area contributed by atoms with Crippen LogP contribution in [-0.2, 0) is 9.84 Å². The van der Waals surface area contributed by atoms with Crippen molar-refractivity contribution in [1.82, 2.24) is 4.90 Å². The molecule has 1 aromatic carbocycles. The van der Waals surface area contributed by atoms with Crippen LogP contribution in [0.3, 0.4) is 0 Å². The van der Waals surface area contributed by atoms with Crippen molar-refractivity contribution in [1.29, 1.82) is 0 Å². The molecule has 0 saturated carbocycles. The number of carbonyl (C=O) groups excluding carboxylic acids is 2. The number of rotatable bonds is 3. The quantitative estimate of drug-likeness (QED) is 0.759. The van der Waals surface area contributed by atoms with E-state index in [-0.39, 0.29) is 5.75 Å². The van der Waals surface area contributed by atoms with E-state index in [1.807, 2.05) is 0 Å². The first-order chi connectivity index (χ1) is 8.40. The van der Waals surface area contributed by atoms with Crippen LogP contribution in [0, 0.1) is 0 Å². The van der Waals surface area contributed by atoms with E-state index >= 15 is 0 Å². The average molecular weight is 265 g/mol. The van der Waals surface area contributed by atoms with Gasteiger partial charge in [0.1, 0.15) is 0 Å². The molecule has 0 unspecified atom stereocenters. The predicted molar refractivity (Wildman–Crippen MR) is 65.8 cm³/mol. The highest BCUT2D eigenvalue weighted by Gasteiger charge is 2.33. The molecule has 0 radical (unpaired) electrons. The highest BCUT2D eigenvalue weighted by Crippen LogP contribution is 2.22. The zero-order valence-corrected chi connectivity index (χ0v) is 10.5. The van der Waals surface area contributed by atoms with Gasteiger partial charge in [-0.25, -0.2) is 13.3 Å². The summed E-state index contributed by atoms with van der Waals surface area (Å²) >= 11 is 0. The Morgan fingerprint density at radius 1 is 1.11 bits per heavy atom. The summed E-state index contributed by atoms with van der Waals surface area (Å²) in [5.41, 5.74) is 0.679. The SMILES string of the molecule is CS(=O)(=O)CC=CN1C(=O)c2ccccc2C1=O. The molecule has 1 heterocycles. The Labute approximate surface area is 105 Å². The fourth-order valence-corrected chi connectivity index (χ4v) is 2.10. The van der Waals surface area contributed by atoms with E-state index in [2.05, 4.69) is 0 Å². The molecule has 2 amide bonds. The van der Waals surface area contributed by atoms with Crippen LogP contribution < -0.4 is 0 Å². The highest BCUT2D eigenvalue weighted by molar-refractivity contribution is 7.90. The molecule has 1 aliphatic rings. The highest BCUT2D eigenvalue weighted by atomic mass is 32.2. The number of benzene rings is 1. The van der Waals surface area contributed by atoms with Gasteiger partial charge in [0.25, 0.3) is 11.8 Å². The summed E-state index contributed by atoms with van der Waals surface area (Å²) in [6, 6.07) is 6.49. The molecule has 1 aliphatic heterocycles. The van der Waals surface area contributed by atoms with E-state index in [4.69, 9.17) is 0 Å². The maximum Gasteiger partial charge on any atom is 0.265 e. The van der Waals surface area contributed by atoms with E-state index in [9.17, 15) is 18.0 Å². The molecule has 6 heteroatoms. The van der Waals surface area contributed by atoms with Crippen LogP contribution in [-0.4, -0.2) is 37.1 Å². The number of hydrogen-bond donors (Lipinski definition) is 0. The predicted octanol–water partition coefficient (Wildman–Crippen LogP) is 0.841. The van der Waals surface area contributed by atoms with Gasteiger partial charge in [0, 0.05) is 12.5 Å². The Morgan fingerprint density at radius 3 is 2.06 bits per heavy atom. The molecule has 0 saturated heterocycles. The minimum atomic E-state index is -3.15. The molecule has 0 aliphatic carbocycles. The fourth-order valence-electron chi connectivity index (χ4n) is 1.67. The van der Waals surface area contributed by atoms with Crippen molar-refractivity contribution in [2.24, 2.45) is 0 Å². The van der Waals surface area contributed by atoms with Gasteiger partial charge in [-0.05, 0) is 12.1 Å². The molecule has 0 fully saturated rings. The Balaban J connectivity index is 2.24. The molecule has 0 bridgehead atoms. The first kappa shape index (κ1) is 12.5. The Kier molecular flexibility index (Phi) is 3.04. The van der Waals surface area contributed by atoms with Crippen LogP contribution in [0.2, 0.25) is 0 Å². The summed E-state index contributed by atoms with van der Waals surface area (Å²) < 4.78 is 21.9. The smallest absolute Gasteiger partial charge is 0.265 e. The molecule has 0 aromatic heterocycles. The van der Waals surface area contributed by atoms with Crippen LogP contribution in [0.4, 0.5) is 0 Å². The second kappa shape index (κ2) is 4.38. The van der Waals surface area contributed by atoms with Crippen LogP contribution in [0.15, 0.2) is 36.5 Å². The monoisotopic (exact) mass is 265 g/mol. The number of carbonyl (C=O) groups is 2. The van der Waals surface area contributed by atoms with Gasteiger partial charge in [-0.2, -0.15) is 0 Å². The standard InChI is InChI=1S/C12H11NO4S/c1-18(16,17)8-4-7-13-11(14)9-5-2-3-6-10(9)12(13)15/h2-7H,8H2,1H3. The van der Waals surface area contributed by atoms with E-state index in [0.717, 1.165) is 11.2 Å². The summed E-state index contributed by atoms with van der Waals surface area (Å²) in [6.45, 7) is 0. The molecule has 0 spiro atoms. The second-order valence-corrected chi connectivity index (χ2v) is 6.19. The van der Waals surface area contributed by atoms with Crippen LogP contribution >= 0.6 is 0 Å². The van der Waals surface area contributed by atoms with Gasteiger partial charge < -0.3 is 0 Å². The number of amides is 2. The van der Waals surface area contributed by atoms with Crippen LogP contribution in [0.25, 0.3) is 0 Å². The van der Waals surface area contributed by atoms with Crippen molar-refractivity contribution in [2.75, 3.05) is 12.0 Å². The molecule has 1 aromatic rings. The average Bonchev–Trinajstić information content (AvgIpc) is 2.53. The van der Waals surface area contributed by atoms with Gasteiger partial charge >= 0.3 is 0 Å². The minimum Gasteiger partial charge on any atom is -0.268 e. The van der Waals surface area contributed by atoms with Crippen molar-refractivity contribution >= 4 is 21.7 Å². The third-order valence-electron chi connectivity index (χ3n) is 2.48. The molecule has 94 valence electrons. The first-order valence-electron chi connectivity index (χ1n) is 5.21. The Hall–Kier alpha value is -1.95. The Bertz CT molecular complexity index is 611. The van der Waals surface area contributed by atoms with Gasteiger partial charge in [-0.15, -0.1) is 0 Å². The summed E-state index contributed by atoms with van der Waals surface area (Å²) in [6.07, 6.45) is 3.59. The van der Waals surface area contributed by atoms with Crippen molar-refractivity contribution < 1.29 is 18.0 Å². The maximum absolute atomic E-state index is 11.9. The van der Waals surface area contributed by atoms with Crippen molar-refractivity contribution in [3.8, 4) is 0 Å². The molecule has 18 heavy (non-hydrogen) atoms. The number of nitrogens with zero attached hydrogens (tertiary/aromatic N) is 1. The third-order valence-corrected chi connectivity index (χ3v) is 3.28. The zero-order valence-electron chi connectivity index (χ0n) is 9.66. The van der Waals surface area contributed by atoms with Crippen molar-refractivity contribution in [3.05, 3.63) is 47.7 Å². The van der Waals surface area contributed by atoms with Gasteiger partial charge in [0.15, 0.2) is 9.84 Å². The van der Waals surface area contributed by atoms with E-state index in [1.54, 1.807) is 24.3 Å². The number of hydrogen-bond acceptors (Lipinski definition) is 4. The molecule has 5 nitrogen and oxygen atoms in total. The van der Waals surface area contributed by atoms with E-state index in [1.165, 1.54) is 12.3 Å². The summed E-state index contributed by atoms with van der Waals surface area (Å²) in [4.78, 5) is 24.7. The summed E-state index contributed by atoms with van der Waals surface area (Å²) in [5, 5.41) is 0. The van der Waals surface area contributed by atoms with E-state index < -0.39 is 21.7 Å². The van der Waals surface area contributed by atoms with Crippen molar-refractivity contribution in [2.45, 2.75) is 0 Å². The van der Waals surface area contributed by atoms with E-state index in [0.29, 0.717) is 11.1 Å². The lowest BCUT2D eigenvalue weighted by Gasteiger charge is -2.06. The van der Waals surface area contributed by atoms with Crippen LogP contribution in [0.1, 0.15) is 20.7 Å². The fraction of sp³-hybridized carbons (Fsp3) is 0.167. The lowest BCUT2D eigenvalue weighted by Crippen LogP contribution is -2.23. The topological polar surface area (TPSA) is 71.5 Å². The van der Waals surface area contributed by atoms with Gasteiger partial charge in [-0.3, -0.25) is 9.59 Å². The molecule has 0 N–H and O–H groups in total. The normalized spacial score (nSPS) is 15.5. The number of sulfone groups is 1. The van der Waals surface area contributed by atoms with Gasteiger partial charge in [-0.1, -0.05) is 18.2 Å². The lowest BCUT2D eigenvalue weighted by atomic mass is 10.1. The molecular formula is C12H11NO4S. The number of imide groups is 1. The summed E-state index contributed by atoms with van der Waals surface area (Å²) in [5.74, 6) is -1.07. The molecule has 2 rings (SSSR count). The van der Waals surface area contributed by atoms with Gasteiger partial charge in [0.05, 0.1) is 16.9 Å². The van der Waals surface area contributed by atoms with Gasteiger partial charge in [0.2, 0.25) is 0 Å². The van der Waals surface area contributed by atoms with Crippen molar-refractivity contribution in [3.63, 3.8) is 0 Å². The Morgan fingerprint density at radius 2 is 1.61 bits per heavy atom. The largest absolute Gasteiger partial charge is 0.268 e. The minimum absolute atomic E-state index is 0.208. The van der Waals surface area contributed by atoms with Crippen LogP contribution in [0.5, 0.6) is 0 Å². The lowest BCUT2D eigenvalue weighted by molar-refractivity contribution is 0.0721. The maximum atomic E-state index is 11.9. The third kappa shape index (κ3) is 2.33. The number of fused-ring (bicyclic) bond motifs is 1. The summed E-state index contributed by atoms with van der Waals surface area (Å²) in [7, 11) is -3.15. The molecule has 0 atom stereocenters. The first-order valence-corrected chi connectivity index (χ1v) is 7.27.